The van der Waals surface area contributed by atoms with E-state index in [9.17, 15) is 9.59 Å². The molecule has 0 aromatic heterocycles. The number of nitrogens with two attached hydrogens (primary N) is 1. The number of likely N-dealkylation sites (tertiary alicyclic amines) is 1. The molecule has 0 bridgehead atoms. The summed E-state index contributed by atoms with van der Waals surface area (Å²) in [6.07, 6.45) is 1.63. The number of hydrogen-bond donors (Lipinski definition) is 1. The van der Waals surface area contributed by atoms with Crippen LogP contribution in [0.5, 0.6) is 0 Å². The zero-order valence-corrected chi connectivity index (χ0v) is 5.62. The summed E-state index contributed by atoms with van der Waals surface area (Å²) in [7, 11) is 0. The van der Waals surface area contributed by atoms with Crippen LogP contribution in [0, 0.1) is 5.92 Å². The first-order chi connectivity index (χ1) is 4.74. The van der Waals surface area contributed by atoms with Gasteiger partial charge in [0.15, 0.2) is 0 Å². The molecule has 56 valence electrons. The maximum absolute atomic E-state index is 10.5. The smallest absolute Gasteiger partial charge is 0.314 e. The largest absolute Gasteiger partial charge is 0.351 e. The van der Waals surface area contributed by atoms with E-state index in [0.29, 0.717) is 13.1 Å². The highest BCUT2D eigenvalue weighted by Crippen LogP contribution is 2.12. The summed E-state index contributed by atoms with van der Waals surface area (Å²) >= 11 is 0. The predicted molar refractivity (Wildman–Crippen MR) is 35.3 cm³/mol. The second-order valence-electron chi connectivity index (χ2n) is 2.47. The molecule has 10 heavy (non-hydrogen) atoms. The first-order valence-corrected chi connectivity index (χ1v) is 3.23. The van der Waals surface area contributed by atoms with Crippen molar-refractivity contribution < 1.29 is 9.59 Å². The van der Waals surface area contributed by atoms with Crippen molar-refractivity contribution in [2.45, 2.75) is 6.42 Å². The third kappa shape index (κ3) is 1.26. The number of aldehydes is 1. The Balaban J connectivity index is 2.42. The fourth-order valence-electron chi connectivity index (χ4n) is 1.10. The number of amides is 2. The molecule has 4 nitrogen and oxygen atoms in total. The molecule has 0 saturated carbocycles. The van der Waals surface area contributed by atoms with Crippen LogP contribution in [-0.4, -0.2) is 30.3 Å². The van der Waals surface area contributed by atoms with E-state index in [1.54, 1.807) is 0 Å². The first kappa shape index (κ1) is 7.05. The van der Waals surface area contributed by atoms with Crippen LogP contribution >= 0.6 is 0 Å². The molecule has 1 heterocycles. The van der Waals surface area contributed by atoms with Crippen molar-refractivity contribution in [2.24, 2.45) is 11.7 Å². The van der Waals surface area contributed by atoms with Crippen LogP contribution in [0.3, 0.4) is 0 Å². The van der Waals surface area contributed by atoms with Gasteiger partial charge in [-0.05, 0) is 6.42 Å². The number of urea groups is 1. The average Bonchev–Trinajstić information content (AvgIpc) is 2.34. The highest BCUT2D eigenvalue weighted by Gasteiger charge is 2.23. The van der Waals surface area contributed by atoms with Crippen molar-refractivity contribution in [3.05, 3.63) is 0 Å². The van der Waals surface area contributed by atoms with Crippen LogP contribution in [0.4, 0.5) is 4.79 Å². The molecule has 0 radical (unpaired) electrons. The molecular weight excluding hydrogens is 132 g/mol. The van der Waals surface area contributed by atoms with Crippen LogP contribution in [0.15, 0.2) is 0 Å². The lowest BCUT2D eigenvalue weighted by molar-refractivity contribution is -0.110. The monoisotopic (exact) mass is 142 g/mol. The van der Waals surface area contributed by atoms with Gasteiger partial charge < -0.3 is 15.4 Å². The summed E-state index contributed by atoms with van der Waals surface area (Å²) in [5, 5.41) is 0. The Morgan fingerprint density at radius 1 is 1.70 bits per heavy atom. The zero-order valence-electron chi connectivity index (χ0n) is 5.62. The third-order valence-electron chi connectivity index (χ3n) is 1.73. The van der Waals surface area contributed by atoms with Crippen LogP contribution in [0.1, 0.15) is 6.42 Å². The van der Waals surface area contributed by atoms with Crippen molar-refractivity contribution in [3.63, 3.8) is 0 Å². The van der Waals surface area contributed by atoms with Gasteiger partial charge in [0.25, 0.3) is 0 Å². The van der Waals surface area contributed by atoms with E-state index in [0.717, 1.165) is 12.7 Å². The van der Waals surface area contributed by atoms with Crippen LogP contribution in [-0.2, 0) is 4.79 Å². The first-order valence-electron chi connectivity index (χ1n) is 3.23. The van der Waals surface area contributed by atoms with Gasteiger partial charge in [-0.3, -0.25) is 0 Å². The lowest BCUT2D eigenvalue weighted by atomic mass is 10.1. The summed E-state index contributed by atoms with van der Waals surface area (Å²) < 4.78 is 0. The van der Waals surface area contributed by atoms with Gasteiger partial charge in [0.05, 0.1) is 0 Å². The van der Waals surface area contributed by atoms with Gasteiger partial charge in [-0.2, -0.15) is 0 Å². The summed E-state index contributed by atoms with van der Waals surface area (Å²) in [4.78, 5) is 22.2. The number of carbonyl (C=O) groups is 2. The zero-order chi connectivity index (χ0) is 7.56. The Hall–Kier alpha value is -1.06. The highest BCUT2D eigenvalue weighted by atomic mass is 16.2. The molecule has 1 fully saturated rings. The number of primary amides is 1. The number of rotatable bonds is 1. The number of nitrogens with zero attached hydrogens (tertiary/aromatic N) is 1. The van der Waals surface area contributed by atoms with Crippen LogP contribution in [0.2, 0.25) is 0 Å². The Morgan fingerprint density at radius 2 is 2.40 bits per heavy atom. The van der Waals surface area contributed by atoms with Crippen molar-refractivity contribution in [1.82, 2.24) is 4.90 Å². The molecule has 0 aromatic carbocycles. The van der Waals surface area contributed by atoms with Crippen LogP contribution in [0.25, 0.3) is 0 Å². The van der Waals surface area contributed by atoms with Gasteiger partial charge in [0.1, 0.15) is 6.29 Å². The van der Waals surface area contributed by atoms with Crippen molar-refractivity contribution in [2.75, 3.05) is 13.1 Å². The molecule has 0 spiro atoms. The Bertz CT molecular complexity index is 158. The van der Waals surface area contributed by atoms with E-state index in [-0.39, 0.29) is 5.92 Å². The van der Waals surface area contributed by atoms with Crippen LogP contribution < -0.4 is 5.73 Å². The fourth-order valence-corrected chi connectivity index (χ4v) is 1.10. The highest BCUT2D eigenvalue weighted by molar-refractivity contribution is 5.73. The maximum atomic E-state index is 10.5. The average molecular weight is 142 g/mol. The standard InChI is InChI=1S/C6H10N2O2/c7-6(10)8-2-1-5(3-8)4-9/h4-5H,1-3H2,(H2,7,10). The van der Waals surface area contributed by atoms with Gasteiger partial charge in [0, 0.05) is 19.0 Å². The summed E-state index contributed by atoms with van der Waals surface area (Å²) in [5.74, 6) is 0.00694. The van der Waals surface area contributed by atoms with Gasteiger partial charge in [-0.25, -0.2) is 4.79 Å². The minimum Gasteiger partial charge on any atom is -0.351 e. The quantitative estimate of drug-likeness (QED) is 0.505. The van der Waals surface area contributed by atoms with Gasteiger partial charge >= 0.3 is 6.03 Å². The van der Waals surface area contributed by atoms with E-state index in [2.05, 4.69) is 0 Å². The topological polar surface area (TPSA) is 63.4 Å². The van der Waals surface area contributed by atoms with E-state index >= 15 is 0 Å². The van der Waals surface area contributed by atoms with Gasteiger partial charge in [-0.1, -0.05) is 0 Å². The summed E-state index contributed by atoms with van der Waals surface area (Å²) in [6.45, 7) is 1.12. The van der Waals surface area contributed by atoms with E-state index in [1.165, 1.54) is 4.90 Å². The fraction of sp³-hybridized carbons (Fsp3) is 0.667. The molecule has 0 aliphatic carbocycles. The van der Waals surface area contributed by atoms with Crippen molar-refractivity contribution >= 4 is 12.3 Å². The normalized spacial score (nSPS) is 24.8. The maximum Gasteiger partial charge on any atom is 0.314 e. The molecule has 1 rings (SSSR count). The molecule has 1 aliphatic rings. The number of hydrogen-bond acceptors (Lipinski definition) is 2. The predicted octanol–water partition coefficient (Wildman–Crippen LogP) is -0.414. The molecule has 2 amide bonds. The molecule has 1 saturated heterocycles. The SMILES string of the molecule is NC(=O)N1CCC(C=O)C1. The molecule has 0 aromatic rings. The van der Waals surface area contributed by atoms with Crippen molar-refractivity contribution in [1.29, 1.82) is 0 Å². The lowest BCUT2D eigenvalue weighted by Gasteiger charge is -2.10. The third-order valence-corrected chi connectivity index (χ3v) is 1.73. The Labute approximate surface area is 59.0 Å². The molecular formula is C6H10N2O2. The minimum atomic E-state index is -0.427. The lowest BCUT2D eigenvalue weighted by Crippen LogP contribution is -2.33. The molecule has 2 N–H and O–H groups in total. The van der Waals surface area contributed by atoms with E-state index in [4.69, 9.17) is 5.73 Å². The summed E-state index contributed by atoms with van der Waals surface area (Å²) in [5.41, 5.74) is 4.99. The molecule has 4 heteroatoms. The summed E-state index contributed by atoms with van der Waals surface area (Å²) in [6, 6.07) is -0.427. The second-order valence-corrected chi connectivity index (χ2v) is 2.47. The molecule has 1 aliphatic heterocycles. The Kier molecular flexibility index (Phi) is 1.89. The van der Waals surface area contributed by atoms with Gasteiger partial charge in [-0.15, -0.1) is 0 Å². The van der Waals surface area contributed by atoms with Gasteiger partial charge in [0.2, 0.25) is 0 Å². The molecule has 1 atom stereocenters. The molecule has 1 unspecified atom stereocenters. The van der Waals surface area contributed by atoms with Crippen molar-refractivity contribution in [3.8, 4) is 0 Å². The minimum absolute atomic E-state index is 0.00694. The number of carbonyl (C=O) groups excluding carboxylic acids is 2. The Morgan fingerprint density at radius 3 is 2.70 bits per heavy atom. The van der Waals surface area contributed by atoms with E-state index < -0.39 is 6.03 Å². The second kappa shape index (κ2) is 2.68. The van der Waals surface area contributed by atoms with E-state index in [1.807, 2.05) is 0 Å².